The predicted octanol–water partition coefficient (Wildman–Crippen LogP) is 2.66. The van der Waals surface area contributed by atoms with Crippen LogP contribution in [0.5, 0.6) is 0 Å². The van der Waals surface area contributed by atoms with Crippen LogP contribution in [-0.2, 0) is 0 Å². The van der Waals surface area contributed by atoms with E-state index in [1.807, 2.05) is 0 Å². The first-order chi connectivity index (χ1) is 6.91. The van der Waals surface area contributed by atoms with Crippen molar-refractivity contribution in [1.29, 1.82) is 0 Å². The summed E-state index contributed by atoms with van der Waals surface area (Å²) in [6.45, 7) is 1.33. The van der Waals surface area contributed by atoms with E-state index in [1.54, 1.807) is 0 Å². The average molecular weight is 211 g/mol. The average Bonchev–Trinajstić information content (AvgIpc) is 2.71. The van der Waals surface area contributed by atoms with Crippen molar-refractivity contribution in [2.75, 3.05) is 18.1 Å². The summed E-state index contributed by atoms with van der Waals surface area (Å²) in [5.74, 6) is 3.85. The summed E-state index contributed by atoms with van der Waals surface area (Å²) in [7, 11) is 0. The van der Waals surface area contributed by atoms with E-state index in [2.05, 4.69) is 17.1 Å². The predicted molar refractivity (Wildman–Crippen MR) is 62.7 cm³/mol. The zero-order valence-corrected chi connectivity index (χ0v) is 9.74. The molecule has 1 N–H and O–H groups in total. The molecule has 3 fully saturated rings. The zero-order chi connectivity index (χ0) is 9.43. The number of hydrogen-bond donors (Lipinski definition) is 1. The third kappa shape index (κ3) is 1.42. The summed E-state index contributed by atoms with van der Waals surface area (Å²) in [5, 5.41) is 3.73. The van der Waals surface area contributed by atoms with Gasteiger partial charge >= 0.3 is 0 Å². The molecule has 1 spiro atoms. The van der Waals surface area contributed by atoms with E-state index in [0.29, 0.717) is 0 Å². The summed E-state index contributed by atoms with van der Waals surface area (Å²) in [5.41, 5.74) is 0.758. The Kier molecular flexibility index (Phi) is 2.53. The molecule has 0 amide bonds. The Bertz CT molecular complexity index is 204. The fourth-order valence-corrected chi connectivity index (χ4v) is 5.03. The monoisotopic (exact) mass is 211 g/mol. The number of nitrogens with one attached hydrogen (secondary N) is 1. The highest BCUT2D eigenvalue weighted by Crippen LogP contribution is 2.48. The largest absolute Gasteiger partial charge is 0.312 e. The van der Waals surface area contributed by atoms with Crippen LogP contribution in [0.15, 0.2) is 0 Å². The van der Waals surface area contributed by atoms with Crippen LogP contribution in [0, 0.1) is 11.3 Å². The molecule has 2 aliphatic heterocycles. The second-order valence-corrected chi connectivity index (χ2v) is 6.56. The lowest BCUT2D eigenvalue weighted by Crippen LogP contribution is -2.66. The van der Waals surface area contributed by atoms with E-state index < -0.39 is 0 Å². The lowest BCUT2D eigenvalue weighted by atomic mass is 9.61. The van der Waals surface area contributed by atoms with Gasteiger partial charge in [-0.15, -0.1) is 0 Å². The van der Waals surface area contributed by atoms with Crippen molar-refractivity contribution in [2.24, 2.45) is 11.3 Å². The number of thioether (sulfide) groups is 1. The SMILES string of the molecule is C1CCC2(CC1)CNC2C1CCSC1. The van der Waals surface area contributed by atoms with Crippen LogP contribution < -0.4 is 5.32 Å². The van der Waals surface area contributed by atoms with Gasteiger partial charge in [0.25, 0.3) is 0 Å². The second-order valence-electron chi connectivity index (χ2n) is 5.41. The van der Waals surface area contributed by atoms with Gasteiger partial charge in [0.05, 0.1) is 0 Å². The highest BCUT2D eigenvalue weighted by molar-refractivity contribution is 7.99. The topological polar surface area (TPSA) is 12.0 Å². The van der Waals surface area contributed by atoms with Crippen LogP contribution in [0.4, 0.5) is 0 Å². The van der Waals surface area contributed by atoms with Crippen LogP contribution in [0.25, 0.3) is 0 Å². The van der Waals surface area contributed by atoms with Crippen LogP contribution in [0.2, 0.25) is 0 Å². The standard InChI is InChI=1S/C12H21NS/c1-2-5-12(6-3-1)9-13-11(12)10-4-7-14-8-10/h10-11,13H,1-9H2. The van der Waals surface area contributed by atoms with E-state index in [-0.39, 0.29) is 0 Å². The maximum atomic E-state index is 3.73. The molecule has 2 atom stereocenters. The quantitative estimate of drug-likeness (QED) is 0.715. The number of rotatable bonds is 1. The molecule has 3 aliphatic rings. The summed E-state index contributed by atoms with van der Waals surface area (Å²) in [4.78, 5) is 0. The van der Waals surface area contributed by atoms with Gasteiger partial charge in [-0.05, 0) is 42.1 Å². The van der Waals surface area contributed by atoms with Gasteiger partial charge in [0, 0.05) is 12.6 Å². The Hall–Kier alpha value is 0.310. The second kappa shape index (κ2) is 3.71. The molecular formula is C12H21NS. The van der Waals surface area contributed by atoms with Crippen molar-refractivity contribution in [3.05, 3.63) is 0 Å². The molecule has 0 bridgehead atoms. The summed E-state index contributed by atoms with van der Waals surface area (Å²) < 4.78 is 0. The number of hydrogen-bond acceptors (Lipinski definition) is 2. The van der Waals surface area contributed by atoms with Gasteiger partial charge in [0.2, 0.25) is 0 Å². The minimum absolute atomic E-state index is 0.758. The fraction of sp³-hybridized carbons (Fsp3) is 1.00. The first-order valence-electron chi connectivity index (χ1n) is 6.22. The Morgan fingerprint density at radius 3 is 2.57 bits per heavy atom. The molecule has 1 aliphatic carbocycles. The molecule has 2 unspecified atom stereocenters. The Labute approximate surface area is 91.4 Å². The molecule has 2 heterocycles. The van der Waals surface area contributed by atoms with Gasteiger partial charge in [-0.2, -0.15) is 11.8 Å². The fourth-order valence-electron chi connectivity index (χ4n) is 3.73. The first kappa shape index (κ1) is 9.53. The Balaban J connectivity index is 1.68. The zero-order valence-electron chi connectivity index (χ0n) is 8.93. The molecular weight excluding hydrogens is 190 g/mol. The third-order valence-electron chi connectivity index (χ3n) is 4.62. The maximum absolute atomic E-state index is 3.73. The van der Waals surface area contributed by atoms with Gasteiger partial charge in [-0.1, -0.05) is 19.3 Å². The lowest BCUT2D eigenvalue weighted by molar-refractivity contribution is 0.00849. The molecule has 2 saturated heterocycles. The molecule has 3 rings (SSSR count). The van der Waals surface area contributed by atoms with Gasteiger partial charge < -0.3 is 5.32 Å². The summed E-state index contributed by atoms with van der Waals surface area (Å²) >= 11 is 2.17. The molecule has 0 radical (unpaired) electrons. The van der Waals surface area contributed by atoms with Crippen LogP contribution in [-0.4, -0.2) is 24.1 Å². The Morgan fingerprint density at radius 2 is 2.00 bits per heavy atom. The molecule has 80 valence electrons. The minimum Gasteiger partial charge on any atom is -0.312 e. The lowest BCUT2D eigenvalue weighted by Gasteiger charge is -2.55. The van der Waals surface area contributed by atoms with E-state index in [9.17, 15) is 0 Å². The van der Waals surface area contributed by atoms with Crippen molar-refractivity contribution in [3.63, 3.8) is 0 Å². The summed E-state index contributed by atoms with van der Waals surface area (Å²) in [6.07, 6.45) is 9.01. The van der Waals surface area contributed by atoms with Gasteiger partial charge in [0.15, 0.2) is 0 Å². The van der Waals surface area contributed by atoms with Crippen molar-refractivity contribution >= 4 is 11.8 Å². The van der Waals surface area contributed by atoms with Crippen LogP contribution in [0.3, 0.4) is 0 Å². The Morgan fingerprint density at radius 1 is 1.14 bits per heavy atom. The van der Waals surface area contributed by atoms with Crippen molar-refractivity contribution in [3.8, 4) is 0 Å². The van der Waals surface area contributed by atoms with Crippen LogP contribution in [0.1, 0.15) is 38.5 Å². The minimum atomic E-state index is 0.758. The molecule has 0 aromatic carbocycles. The molecule has 1 nitrogen and oxygen atoms in total. The van der Waals surface area contributed by atoms with Crippen molar-refractivity contribution in [1.82, 2.24) is 5.32 Å². The molecule has 0 aromatic rings. The van der Waals surface area contributed by atoms with Gasteiger partial charge in [-0.3, -0.25) is 0 Å². The highest BCUT2D eigenvalue weighted by Gasteiger charge is 2.50. The van der Waals surface area contributed by atoms with E-state index >= 15 is 0 Å². The third-order valence-corrected chi connectivity index (χ3v) is 5.81. The van der Waals surface area contributed by atoms with Gasteiger partial charge in [0.1, 0.15) is 0 Å². The smallest absolute Gasteiger partial charge is 0.0172 e. The highest BCUT2D eigenvalue weighted by atomic mass is 32.2. The molecule has 14 heavy (non-hydrogen) atoms. The first-order valence-corrected chi connectivity index (χ1v) is 7.37. The molecule has 2 heteroatoms. The van der Waals surface area contributed by atoms with Crippen molar-refractivity contribution < 1.29 is 0 Å². The maximum Gasteiger partial charge on any atom is 0.0172 e. The van der Waals surface area contributed by atoms with E-state index in [4.69, 9.17) is 0 Å². The summed E-state index contributed by atoms with van der Waals surface area (Å²) in [6, 6.07) is 0.901. The van der Waals surface area contributed by atoms with Crippen LogP contribution >= 0.6 is 11.8 Å². The van der Waals surface area contributed by atoms with Gasteiger partial charge in [-0.25, -0.2) is 0 Å². The van der Waals surface area contributed by atoms with E-state index in [0.717, 1.165) is 17.4 Å². The normalized spacial score (nSPS) is 41.1. The molecule has 1 saturated carbocycles. The van der Waals surface area contributed by atoms with E-state index in [1.165, 1.54) is 56.6 Å². The van der Waals surface area contributed by atoms with Crippen molar-refractivity contribution in [2.45, 2.75) is 44.6 Å². The molecule has 0 aromatic heterocycles.